The van der Waals surface area contributed by atoms with Crippen LogP contribution in [0, 0.1) is 0 Å². The predicted octanol–water partition coefficient (Wildman–Crippen LogP) is 20.3. The van der Waals surface area contributed by atoms with E-state index in [2.05, 4.69) is 62.5 Å². The van der Waals surface area contributed by atoms with Crippen LogP contribution in [0.1, 0.15) is 374 Å². The van der Waals surface area contributed by atoms with Gasteiger partial charge in [0.05, 0.1) is 25.4 Å². The number of aliphatic hydroxyl groups excluding tert-OH is 5. The van der Waals surface area contributed by atoms with E-state index in [0.29, 0.717) is 19.3 Å². The van der Waals surface area contributed by atoms with Gasteiger partial charge in [0.15, 0.2) is 12.4 Å². The minimum Gasteiger partial charge on any atom is -0.454 e. The van der Waals surface area contributed by atoms with Gasteiger partial charge in [-0.2, -0.15) is 0 Å². The summed E-state index contributed by atoms with van der Waals surface area (Å²) in [5.74, 6) is -1.18. The number of esters is 1. The summed E-state index contributed by atoms with van der Waals surface area (Å²) in [7, 11) is 0. The van der Waals surface area contributed by atoms with Crippen LogP contribution in [0.4, 0.5) is 0 Å². The smallest absolute Gasteiger partial charge is 0.306 e. The fraction of sp³-hybridized carbons (Fsp3) is 0.872. The fourth-order valence-corrected chi connectivity index (χ4v) is 12.2. The Kier molecular flexibility index (Phi) is 62.4. The maximum absolute atomic E-state index is 13.5. The van der Waals surface area contributed by atoms with E-state index in [1.807, 2.05) is 6.08 Å². The average molecular weight is 1260 g/mol. The molecule has 0 spiro atoms. The van der Waals surface area contributed by atoms with Gasteiger partial charge in [-0.15, -0.1) is 0 Å². The highest BCUT2D eigenvalue weighted by Crippen LogP contribution is 2.27. The van der Waals surface area contributed by atoms with Gasteiger partial charge in [-0.3, -0.25) is 9.59 Å². The molecule has 1 amide bonds. The van der Waals surface area contributed by atoms with Gasteiger partial charge in [-0.25, -0.2) is 0 Å². The van der Waals surface area contributed by atoms with Crippen molar-refractivity contribution in [2.24, 2.45) is 0 Å². The Balaban J connectivity index is 2.53. The molecule has 0 aromatic rings. The Morgan fingerprint density at radius 1 is 0.438 bits per heavy atom. The molecule has 1 fully saturated rings. The molecule has 0 aromatic carbocycles. The number of rotatable bonds is 67. The number of amides is 1. The van der Waals surface area contributed by atoms with Crippen molar-refractivity contribution in [3.63, 3.8) is 0 Å². The maximum Gasteiger partial charge on any atom is 0.306 e. The molecule has 0 aliphatic carbocycles. The lowest BCUT2D eigenvalue weighted by atomic mass is 9.99. The van der Waals surface area contributed by atoms with Crippen molar-refractivity contribution >= 4 is 11.9 Å². The van der Waals surface area contributed by atoms with Gasteiger partial charge >= 0.3 is 5.97 Å². The summed E-state index contributed by atoms with van der Waals surface area (Å²) in [5.41, 5.74) is 0. The Bertz CT molecular complexity index is 1640. The van der Waals surface area contributed by atoms with Crippen molar-refractivity contribution in [1.29, 1.82) is 0 Å². The highest BCUT2D eigenvalue weighted by molar-refractivity contribution is 5.80. The van der Waals surface area contributed by atoms with Gasteiger partial charge < -0.3 is 45.1 Å². The highest BCUT2D eigenvalue weighted by Gasteiger charge is 2.47. The Morgan fingerprint density at radius 3 is 1.18 bits per heavy atom. The molecular formula is C78H145NO10. The molecule has 1 rings (SSSR count). The Hall–Kier alpha value is -2.38. The number of carbonyl (C=O) groups excluding carboxylic acids is 2. The van der Waals surface area contributed by atoms with E-state index < -0.39 is 67.4 Å². The van der Waals surface area contributed by atoms with E-state index >= 15 is 0 Å². The van der Waals surface area contributed by atoms with Crippen LogP contribution < -0.4 is 5.32 Å². The van der Waals surface area contributed by atoms with E-state index in [-0.39, 0.29) is 13.0 Å². The van der Waals surface area contributed by atoms with Crippen LogP contribution in [0.5, 0.6) is 0 Å². The molecule has 1 aliphatic heterocycles. The molecule has 11 heteroatoms. The van der Waals surface area contributed by atoms with Crippen LogP contribution in [0.2, 0.25) is 0 Å². The minimum absolute atomic E-state index is 0.123. The molecule has 0 radical (unpaired) electrons. The van der Waals surface area contributed by atoms with Crippen LogP contribution in [0.25, 0.3) is 0 Å². The summed E-state index contributed by atoms with van der Waals surface area (Å²) in [4.78, 5) is 26.8. The third kappa shape index (κ3) is 52.7. The van der Waals surface area contributed by atoms with Crippen molar-refractivity contribution < 1.29 is 49.3 Å². The zero-order valence-electron chi connectivity index (χ0n) is 58.3. The standard InChI is InChI=1S/C78H145NO10/c1-4-7-10-13-16-19-22-25-27-29-31-33-35-36-37-39-41-43-45-48-51-54-57-60-63-66-73(83)89-76-75(85)74(84)72(67-80)88-78(76)87-68-69(70(81)64-61-58-55-52-49-46-24-21-18-15-12-9-6-3)79-77(86)71(82)65-62-59-56-53-50-47-44-42-40-38-34-32-30-28-26-23-20-17-14-11-8-5-2/h16,19,25,27,31,33,61,64,69-72,74-76,78,80-82,84-85H,4-15,17-18,20-24,26,28-30,32,34-60,62-63,65-68H2,1-3H3,(H,79,86)/b19-16-,27-25-,33-31-,64-61+. The molecule has 0 saturated carbocycles. The number of allylic oxidation sites excluding steroid dienone is 7. The van der Waals surface area contributed by atoms with Gasteiger partial charge in [-0.1, -0.05) is 352 Å². The van der Waals surface area contributed by atoms with Gasteiger partial charge in [0.25, 0.3) is 0 Å². The first-order valence-corrected chi connectivity index (χ1v) is 38.4. The average Bonchev–Trinajstić information content (AvgIpc) is 1.80. The van der Waals surface area contributed by atoms with Crippen LogP contribution in [-0.4, -0.2) is 99.6 Å². The van der Waals surface area contributed by atoms with E-state index in [9.17, 15) is 35.1 Å². The summed E-state index contributed by atoms with van der Waals surface area (Å²) in [6, 6.07) is -1.02. The highest BCUT2D eigenvalue weighted by atomic mass is 16.7. The SMILES string of the molecule is CCCCC/C=C\C/C=C\C/C=C\CCCCCCCCCCCCCCC(=O)OC1C(OCC(NC(=O)C(O)CCCCCCCCCCCCCCCCCCCCCCCC)C(O)/C=C/CCCCCCCCCCCCC)OC(CO)C(O)C1O. The van der Waals surface area contributed by atoms with Gasteiger partial charge in [0.2, 0.25) is 5.91 Å². The Morgan fingerprint density at radius 2 is 0.775 bits per heavy atom. The first kappa shape index (κ1) is 84.6. The third-order valence-corrected chi connectivity index (χ3v) is 18.2. The molecule has 8 unspecified atom stereocenters. The van der Waals surface area contributed by atoms with Gasteiger partial charge in [-0.05, 0) is 64.2 Å². The van der Waals surface area contributed by atoms with E-state index in [1.54, 1.807) is 6.08 Å². The zero-order chi connectivity index (χ0) is 64.6. The second-order valence-corrected chi connectivity index (χ2v) is 26.7. The van der Waals surface area contributed by atoms with Crippen LogP contribution in [0.15, 0.2) is 48.6 Å². The van der Waals surface area contributed by atoms with Crippen molar-refractivity contribution in [2.75, 3.05) is 13.2 Å². The second kappa shape index (κ2) is 65.7. The summed E-state index contributed by atoms with van der Waals surface area (Å²) in [6.07, 6.45) is 73.0. The molecule has 1 saturated heterocycles. The van der Waals surface area contributed by atoms with Crippen LogP contribution in [0.3, 0.4) is 0 Å². The topological polar surface area (TPSA) is 175 Å². The second-order valence-electron chi connectivity index (χ2n) is 26.7. The monoisotopic (exact) mass is 1260 g/mol. The van der Waals surface area contributed by atoms with E-state index in [1.165, 1.54) is 257 Å². The molecule has 0 aromatic heterocycles. The first-order chi connectivity index (χ1) is 43.7. The van der Waals surface area contributed by atoms with Crippen molar-refractivity contribution in [1.82, 2.24) is 5.32 Å². The number of carbonyl (C=O) groups is 2. The Labute approximate surface area is 548 Å². The molecule has 1 heterocycles. The summed E-state index contributed by atoms with van der Waals surface area (Å²) in [5, 5.41) is 57.4. The lowest BCUT2D eigenvalue weighted by molar-refractivity contribution is -0.305. The minimum atomic E-state index is -1.61. The maximum atomic E-state index is 13.5. The number of unbranched alkanes of at least 4 members (excludes halogenated alkanes) is 47. The molecule has 8 atom stereocenters. The molecular weight excluding hydrogens is 1110 g/mol. The molecule has 6 N–H and O–H groups in total. The quantitative estimate of drug-likeness (QED) is 0.0195. The zero-order valence-corrected chi connectivity index (χ0v) is 58.3. The number of hydrogen-bond donors (Lipinski definition) is 6. The normalized spacial score (nSPS) is 18.3. The molecule has 89 heavy (non-hydrogen) atoms. The van der Waals surface area contributed by atoms with Crippen molar-refractivity contribution in [3.8, 4) is 0 Å². The summed E-state index contributed by atoms with van der Waals surface area (Å²) >= 11 is 0. The van der Waals surface area contributed by atoms with Crippen LogP contribution >= 0.6 is 0 Å². The largest absolute Gasteiger partial charge is 0.454 e. The molecule has 11 nitrogen and oxygen atoms in total. The van der Waals surface area contributed by atoms with Gasteiger partial charge in [0.1, 0.15) is 24.4 Å². The fourth-order valence-electron chi connectivity index (χ4n) is 12.2. The predicted molar refractivity (Wildman–Crippen MR) is 375 cm³/mol. The van der Waals surface area contributed by atoms with Gasteiger partial charge in [0, 0.05) is 6.42 Å². The lowest BCUT2D eigenvalue weighted by Crippen LogP contribution is -2.61. The molecule has 1 aliphatic rings. The third-order valence-electron chi connectivity index (χ3n) is 18.2. The summed E-state index contributed by atoms with van der Waals surface area (Å²) in [6.45, 7) is 5.83. The van der Waals surface area contributed by atoms with Crippen LogP contribution in [-0.2, 0) is 23.8 Å². The van der Waals surface area contributed by atoms with Crippen molar-refractivity contribution in [2.45, 2.75) is 423 Å². The molecule has 522 valence electrons. The number of hydrogen-bond acceptors (Lipinski definition) is 10. The summed E-state index contributed by atoms with van der Waals surface area (Å²) < 4.78 is 17.7. The van der Waals surface area contributed by atoms with E-state index in [4.69, 9.17) is 14.2 Å². The first-order valence-electron chi connectivity index (χ1n) is 38.4. The van der Waals surface area contributed by atoms with E-state index in [0.717, 1.165) is 70.6 Å². The number of ether oxygens (including phenoxy) is 3. The lowest BCUT2D eigenvalue weighted by Gasteiger charge is -2.41. The number of aliphatic hydroxyl groups is 5. The number of nitrogens with one attached hydrogen (secondary N) is 1. The van der Waals surface area contributed by atoms with Crippen molar-refractivity contribution in [3.05, 3.63) is 48.6 Å². The molecule has 0 bridgehead atoms.